The summed E-state index contributed by atoms with van der Waals surface area (Å²) < 4.78 is 26.5. The van der Waals surface area contributed by atoms with Gasteiger partial charge in [-0.3, -0.25) is 0 Å². The van der Waals surface area contributed by atoms with E-state index in [0.717, 1.165) is 0 Å². The average Bonchev–Trinajstić information content (AvgIpc) is 2.13. The fourth-order valence-corrected chi connectivity index (χ4v) is 2.26. The number of hydrogen-bond acceptors (Lipinski definition) is 3. The highest BCUT2D eigenvalue weighted by atomic mass is 35.7. The van der Waals surface area contributed by atoms with Crippen molar-refractivity contribution >= 4 is 42.9 Å². The highest BCUT2D eigenvalue weighted by molar-refractivity contribution is 8.13. The van der Waals surface area contributed by atoms with Gasteiger partial charge in [-0.1, -0.05) is 23.2 Å². The van der Waals surface area contributed by atoms with Crippen LogP contribution in [0.25, 0.3) is 0 Å². The van der Waals surface area contributed by atoms with E-state index < -0.39 is 9.05 Å². The molecule has 0 aliphatic heterocycles. The fraction of sp³-hybridized carbons (Fsp3) is 0.333. The predicted octanol–water partition coefficient (Wildman–Crippen LogP) is 3.33. The molecular weight excluding hydrogens is 295 g/mol. The third kappa shape index (κ3) is 5.25. The number of hydrogen-bond donors (Lipinski definition) is 0. The molecule has 1 aromatic carbocycles. The van der Waals surface area contributed by atoms with Gasteiger partial charge in [-0.25, -0.2) is 8.42 Å². The van der Waals surface area contributed by atoms with Crippen LogP contribution in [0.4, 0.5) is 0 Å². The molecule has 0 saturated heterocycles. The molecule has 0 aromatic heterocycles. The first-order chi connectivity index (χ1) is 7.38. The largest absolute Gasteiger partial charge is 0.492 e. The number of ether oxygens (including phenoxy) is 1. The lowest BCUT2D eigenvalue weighted by molar-refractivity contribution is 0.318. The Morgan fingerprint density at radius 2 is 1.94 bits per heavy atom. The maximum absolute atomic E-state index is 10.6. The number of rotatable bonds is 5. The minimum atomic E-state index is -3.46. The van der Waals surface area contributed by atoms with Crippen molar-refractivity contribution in [3.05, 3.63) is 28.2 Å². The first-order valence-corrected chi connectivity index (χ1v) is 7.62. The first kappa shape index (κ1) is 13.9. The third-order valence-electron chi connectivity index (χ3n) is 1.68. The second kappa shape index (κ2) is 5.96. The monoisotopic (exact) mass is 302 g/mol. The predicted molar refractivity (Wildman–Crippen MR) is 66.2 cm³/mol. The first-order valence-electron chi connectivity index (χ1n) is 4.39. The lowest BCUT2D eigenvalue weighted by Gasteiger charge is -2.07. The van der Waals surface area contributed by atoms with E-state index in [0.29, 0.717) is 22.2 Å². The molecule has 1 aromatic rings. The summed E-state index contributed by atoms with van der Waals surface area (Å²) in [4.78, 5) is 0. The maximum atomic E-state index is 10.6. The Kier molecular flexibility index (Phi) is 5.18. The SMILES string of the molecule is O=S(=O)(Cl)CCCOc1ccc(Cl)cc1Cl. The van der Waals surface area contributed by atoms with Gasteiger partial charge in [0, 0.05) is 15.7 Å². The van der Waals surface area contributed by atoms with Crippen LogP contribution in [0.5, 0.6) is 5.75 Å². The molecule has 1 rings (SSSR count). The van der Waals surface area contributed by atoms with Crippen molar-refractivity contribution in [2.45, 2.75) is 6.42 Å². The van der Waals surface area contributed by atoms with Gasteiger partial charge in [0.1, 0.15) is 5.75 Å². The zero-order chi connectivity index (χ0) is 12.2. The molecule has 0 radical (unpaired) electrons. The van der Waals surface area contributed by atoms with E-state index in [9.17, 15) is 8.42 Å². The topological polar surface area (TPSA) is 43.4 Å². The molecule has 16 heavy (non-hydrogen) atoms. The molecule has 0 saturated carbocycles. The molecule has 0 N–H and O–H groups in total. The molecule has 3 nitrogen and oxygen atoms in total. The smallest absolute Gasteiger partial charge is 0.232 e. The molecule has 0 aliphatic carbocycles. The van der Waals surface area contributed by atoms with Crippen molar-refractivity contribution in [1.82, 2.24) is 0 Å². The average molecular weight is 304 g/mol. The molecule has 0 fully saturated rings. The standard InChI is InChI=1S/C9H9Cl3O3S/c10-7-2-3-9(8(11)6-7)15-4-1-5-16(12,13)14/h2-3,6H,1,4-5H2. The van der Waals surface area contributed by atoms with Gasteiger partial charge in [-0.05, 0) is 24.6 Å². The summed E-state index contributed by atoms with van der Waals surface area (Å²) >= 11 is 11.5. The van der Waals surface area contributed by atoms with Crippen molar-refractivity contribution in [3.8, 4) is 5.75 Å². The van der Waals surface area contributed by atoms with Gasteiger partial charge in [0.2, 0.25) is 9.05 Å². The van der Waals surface area contributed by atoms with Gasteiger partial charge in [-0.2, -0.15) is 0 Å². The summed E-state index contributed by atoms with van der Waals surface area (Å²) in [5, 5.41) is 0.905. The van der Waals surface area contributed by atoms with Crippen molar-refractivity contribution < 1.29 is 13.2 Å². The van der Waals surface area contributed by atoms with Crippen LogP contribution in [0.15, 0.2) is 18.2 Å². The van der Waals surface area contributed by atoms with Gasteiger partial charge in [0.25, 0.3) is 0 Å². The van der Waals surface area contributed by atoms with Crippen molar-refractivity contribution in [2.75, 3.05) is 12.4 Å². The van der Waals surface area contributed by atoms with Gasteiger partial charge in [0.15, 0.2) is 0 Å². The maximum Gasteiger partial charge on any atom is 0.232 e. The highest BCUT2D eigenvalue weighted by Gasteiger charge is 2.06. The number of halogens is 3. The molecular formula is C9H9Cl3O3S. The van der Waals surface area contributed by atoms with Crippen LogP contribution >= 0.6 is 33.9 Å². The summed E-state index contributed by atoms with van der Waals surface area (Å²) in [5.41, 5.74) is 0. The molecule has 0 amide bonds. The van der Waals surface area contributed by atoms with Crippen LogP contribution in [-0.4, -0.2) is 20.8 Å². The summed E-state index contributed by atoms with van der Waals surface area (Å²) in [7, 11) is 1.58. The van der Waals surface area contributed by atoms with E-state index >= 15 is 0 Å². The lowest BCUT2D eigenvalue weighted by atomic mass is 10.3. The van der Waals surface area contributed by atoms with Crippen LogP contribution in [0, 0.1) is 0 Å². The van der Waals surface area contributed by atoms with E-state index in [1.807, 2.05) is 0 Å². The molecule has 0 bridgehead atoms. The molecule has 7 heteroatoms. The second-order valence-electron chi connectivity index (χ2n) is 3.02. The van der Waals surface area contributed by atoms with E-state index in [2.05, 4.69) is 0 Å². The van der Waals surface area contributed by atoms with Crippen LogP contribution in [0.2, 0.25) is 10.0 Å². The molecule has 0 unspecified atom stereocenters. The minimum Gasteiger partial charge on any atom is -0.492 e. The third-order valence-corrected chi connectivity index (χ3v) is 3.45. The zero-order valence-corrected chi connectivity index (χ0v) is 11.2. The molecule has 0 atom stereocenters. The van der Waals surface area contributed by atoms with Crippen LogP contribution in [0.3, 0.4) is 0 Å². The quantitative estimate of drug-likeness (QED) is 0.619. The highest BCUT2D eigenvalue weighted by Crippen LogP contribution is 2.27. The van der Waals surface area contributed by atoms with Crippen molar-refractivity contribution in [1.29, 1.82) is 0 Å². The minimum absolute atomic E-state index is 0.125. The van der Waals surface area contributed by atoms with E-state index in [1.54, 1.807) is 18.2 Å². The zero-order valence-electron chi connectivity index (χ0n) is 8.12. The van der Waals surface area contributed by atoms with Gasteiger partial charge in [-0.15, -0.1) is 0 Å². The number of benzene rings is 1. The van der Waals surface area contributed by atoms with Crippen molar-refractivity contribution in [2.24, 2.45) is 0 Å². The summed E-state index contributed by atoms with van der Waals surface area (Å²) in [6.07, 6.45) is 0.310. The Labute approximate surface area is 109 Å². The fourth-order valence-electron chi connectivity index (χ4n) is 1.01. The Hall–Kier alpha value is -0.160. The van der Waals surface area contributed by atoms with Crippen LogP contribution in [-0.2, 0) is 9.05 Å². The van der Waals surface area contributed by atoms with Gasteiger partial charge < -0.3 is 4.74 Å². The molecule has 0 aliphatic rings. The van der Waals surface area contributed by atoms with E-state index in [1.165, 1.54) is 0 Å². The lowest BCUT2D eigenvalue weighted by Crippen LogP contribution is -2.04. The molecule has 90 valence electrons. The van der Waals surface area contributed by atoms with E-state index in [4.69, 9.17) is 38.6 Å². The van der Waals surface area contributed by atoms with Gasteiger partial charge >= 0.3 is 0 Å². The van der Waals surface area contributed by atoms with Crippen LogP contribution in [0.1, 0.15) is 6.42 Å². The summed E-state index contributed by atoms with van der Waals surface area (Å²) in [6.45, 7) is 0.229. The molecule has 0 heterocycles. The molecule has 0 spiro atoms. The van der Waals surface area contributed by atoms with Gasteiger partial charge in [0.05, 0.1) is 17.4 Å². The van der Waals surface area contributed by atoms with Crippen molar-refractivity contribution in [3.63, 3.8) is 0 Å². The Balaban J connectivity index is 2.43. The van der Waals surface area contributed by atoms with Crippen LogP contribution < -0.4 is 4.74 Å². The normalized spacial score (nSPS) is 11.4. The van der Waals surface area contributed by atoms with E-state index in [-0.39, 0.29) is 12.4 Å². The summed E-state index contributed by atoms with van der Waals surface area (Å²) in [6, 6.07) is 4.82. The Morgan fingerprint density at radius 1 is 1.25 bits per heavy atom. The second-order valence-corrected chi connectivity index (χ2v) is 6.76. The summed E-state index contributed by atoms with van der Waals surface area (Å²) in [5.74, 6) is 0.345. The Morgan fingerprint density at radius 3 is 2.50 bits per heavy atom. The Bertz CT molecular complexity index is 459.